The first-order chi connectivity index (χ1) is 7.81. The molecule has 0 saturated carbocycles. The van der Waals surface area contributed by atoms with Crippen LogP contribution >= 0.6 is 0 Å². The van der Waals surface area contributed by atoms with Gasteiger partial charge in [0.1, 0.15) is 0 Å². The van der Waals surface area contributed by atoms with Crippen LogP contribution in [0.5, 0.6) is 0 Å². The number of rotatable bonds is 4. The first kappa shape index (κ1) is 11.1. The molecule has 3 N–H and O–H groups in total. The third kappa shape index (κ3) is 2.40. The van der Waals surface area contributed by atoms with Crippen molar-refractivity contribution in [2.75, 3.05) is 13.1 Å². The van der Waals surface area contributed by atoms with Gasteiger partial charge in [-0.2, -0.15) is 0 Å². The maximum Gasteiger partial charge on any atom is 0.0421 e. The van der Waals surface area contributed by atoms with Crippen LogP contribution in [0.1, 0.15) is 18.5 Å². The Labute approximate surface area is 96.5 Å². The molecule has 84 valence electrons. The quantitative estimate of drug-likeness (QED) is 0.820. The Morgan fingerprint density at radius 1 is 1.12 bits per heavy atom. The van der Waals surface area contributed by atoms with Gasteiger partial charge in [0.2, 0.25) is 0 Å². The van der Waals surface area contributed by atoms with Gasteiger partial charge in [0, 0.05) is 12.6 Å². The zero-order chi connectivity index (χ0) is 11.4. The lowest BCUT2D eigenvalue weighted by Gasteiger charge is -2.13. The predicted molar refractivity (Wildman–Crippen MR) is 69.4 cm³/mol. The molecule has 1 unspecified atom stereocenters. The first-order valence-electron chi connectivity index (χ1n) is 5.76. The van der Waals surface area contributed by atoms with Gasteiger partial charge in [-0.05, 0) is 28.9 Å². The van der Waals surface area contributed by atoms with Crippen molar-refractivity contribution in [3.8, 4) is 0 Å². The summed E-state index contributed by atoms with van der Waals surface area (Å²) in [6.07, 6.45) is 0. The molecule has 0 radical (unpaired) electrons. The highest BCUT2D eigenvalue weighted by Crippen LogP contribution is 2.18. The van der Waals surface area contributed by atoms with E-state index in [9.17, 15) is 0 Å². The average Bonchev–Trinajstić information content (AvgIpc) is 2.35. The van der Waals surface area contributed by atoms with Gasteiger partial charge in [-0.25, -0.2) is 0 Å². The minimum Gasteiger partial charge on any atom is -0.323 e. The number of fused-ring (bicyclic) bond motifs is 1. The van der Waals surface area contributed by atoms with Crippen LogP contribution in [-0.4, -0.2) is 13.1 Å². The Balaban J connectivity index is 2.25. The number of benzene rings is 2. The summed E-state index contributed by atoms with van der Waals surface area (Å²) in [5.74, 6) is 0. The molecule has 0 heterocycles. The normalized spacial score (nSPS) is 12.9. The average molecular weight is 214 g/mol. The molecule has 0 spiro atoms. The van der Waals surface area contributed by atoms with Crippen molar-refractivity contribution in [2.24, 2.45) is 5.73 Å². The summed E-state index contributed by atoms with van der Waals surface area (Å²) >= 11 is 0. The van der Waals surface area contributed by atoms with E-state index in [4.69, 9.17) is 5.73 Å². The molecule has 2 aromatic rings. The van der Waals surface area contributed by atoms with Crippen LogP contribution in [0.4, 0.5) is 0 Å². The third-order valence-electron chi connectivity index (χ3n) is 2.82. The summed E-state index contributed by atoms with van der Waals surface area (Å²) in [4.78, 5) is 0. The van der Waals surface area contributed by atoms with E-state index in [0.717, 1.165) is 13.1 Å². The fourth-order valence-corrected chi connectivity index (χ4v) is 1.86. The van der Waals surface area contributed by atoms with Crippen molar-refractivity contribution in [3.63, 3.8) is 0 Å². The maximum absolute atomic E-state index is 6.11. The summed E-state index contributed by atoms with van der Waals surface area (Å²) in [6, 6.07) is 14.9. The summed E-state index contributed by atoms with van der Waals surface area (Å²) < 4.78 is 0. The maximum atomic E-state index is 6.11. The van der Waals surface area contributed by atoms with E-state index in [2.05, 4.69) is 54.7 Å². The van der Waals surface area contributed by atoms with Gasteiger partial charge in [-0.1, -0.05) is 43.3 Å². The highest BCUT2D eigenvalue weighted by atomic mass is 14.9. The Hall–Kier alpha value is -1.38. The molecule has 0 aromatic heterocycles. The molecule has 2 nitrogen and oxygen atoms in total. The molecule has 2 aromatic carbocycles. The molecule has 0 aliphatic carbocycles. The largest absolute Gasteiger partial charge is 0.323 e. The zero-order valence-corrected chi connectivity index (χ0v) is 9.61. The lowest BCUT2D eigenvalue weighted by molar-refractivity contribution is 0.616. The second kappa shape index (κ2) is 5.10. The van der Waals surface area contributed by atoms with E-state index in [-0.39, 0.29) is 6.04 Å². The fraction of sp³-hybridized carbons (Fsp3) is 0.286. The topological polar surface area (TPSA) is 38.0 Å². The number of hydrogen-bond acceptors (Lipinski definition) is 2. The molecule has 2 heteroatoms. The second-order valence-corrected chi connectivity index (χ2v) is 4.02. The van der Waals surface area contributed by atoms with Crippen molar-refractivity contribution >= 4 is 10.8 Å². The van der Waals surface area contributed by atoms with Gasteiger partial charge in [-0.3, -0.25) is 0 Å². The highest BCUT2D eigenvalue weighted by Gasteiger charge is 2.05. The van der Waals surface area contributed by atoms with Gasteiger partial charge in [-0.15, -0.1) is 0 Å². The minimum absolute atomic E-state index is 0.0737. The highest BCUT2D eigenvalue weighted by molar-refractivity contribution is 5.83. The molecule has 2 rings (SSSR count). The van der Waals surface area contributed by atoms with E-state index < -0.39 is 0 Å². The van der Waals surface area contributed by atoms with Crippen molar-refractivity contribution < 1.29 is 0 Å². The molecule has 0 saturated heterocycles. The minimum atomic E-state index is 0.0737. The molecule has 0 aliphatic rings. The molecule has 0 fully saturated rings. The van der Waals surface area contributed by atoms with Gasteiger partial charge < -0.3 is 11.1 Å². The molecular formula is C14H18N2. The molecule has 0 aliphatic heterocycles. The van der Waals surface area contributed by atoms with Gasteiger partial charge >= 0.3 is 0 Å². The number of hydrogen-bond donors (Lipinski definition) is 2. The summed E-state index contributed by atoms with van der Waals surface area (Å²) in [7, 11) is 0. The molecular weight excluding hydrogens is 196 g/mol. The van der Waals surface area contributed by atoms with Gasteiger partial charge in [0.05, 0.1) is 0 Å². The van der Waals surface area contributed by atoms with E-state index in [1.165, 1.54) is 16.3 Å². The molecule has 16 heavy (non-hydrogen) atoms. The second-order valence-electron chi connectivity index (χ2n) is 4.02. The van der Waals surface area contributed by atoms with E-state index in [1.807, 2.05) is 0 Å². The standard InChI is InChI=1S/C14H18N2/c1-2-16-10-14(15)13-8-7-11-5-3-4-6-12(11)9-13/h3-9,14,16H,2,10,15H2,1H3. The lowest BCUT2D eigenvalue weighted by atomic mass is 10.0. The van der Waals surface area contributed by atoms with Crippen LogP contribution in [0.3, 0.4) is 0 Å². The summed E-state index contributed by atoms with van der Waals surface area (Å²) in [5, 5.41) is 5.79. The zero-order valence-electron chi connectivity index (χ0n) is 9.61. The smallest absolute Gasteiger partial charge is 0.0421 e. The van der Waals surface area contributed by atoms with Crippen molar-refractivity contribution in [3.05, 3.63) is 48.0 Å². The van der Waals surface area contributed by atoms with Crippen LogP contribution in [0.2, 0.25) is 0 Å². The Morgan fingerprint density at radius 2 is 1.88 bits per heavy atom. The van der Waals surface area contributed by atoms with Crippen LogP contribution in [0.15, 0.2) is 42.5 Å². The number of nitrogens with two attached hydrogens (primary N) is 1. The van der Waals surface area contributed by atoms with Crippen molar-refractivity contribution in [1.29, 1.82) is 0 Å². The third-order valence-corrected chi connectivity index (χ3v) is 2.82. The molecule has 0 amide bonds. The van der Waals surface area contributed by atoms with E-state index in [0.29, 0.717) is 0 Å². The van der Waals surface area contributed by atoms with Crippen LogP contribution in [0.25, 0.3) is 10.8 Å². The predicted octanol–water partition coefficient (Wildman–Crippen LogP) is 2.45. The van der Waals surface area contributed by atoms with Gasteiger partial charge in [0.25, 0.3) is 0 Å². The lowest BCUT2D eigenvalue weighted by Crippen LogP contribution is -2.26. The van der Waals surface area contributed by atoms with Crippen LogP contribution in [-0.2, 0) is 0 Å². The summed E-state index contributed by atoms with van der Waals surface area (Å²) in [6.45, 7) is 3.88. The Bertz CT molecular complexity index is 465. The Kier molecular flexibility index (Phi) is 3.54. The fourth-order valence-electron chi connectivity index (χ4n) is 1.86. The number of likely N-dealkylation sites (N-methyl/N-ethyl adjacent to an activating group) is 1. The Morgan fingerprint density at radius 3 is 2.62 bits per heavy atom. The summed E-state index contributed by atoms with van der Waals surface area (Å²) in [5.41, 5.74) is 7.30. The SMILES string of the molecule is CCNCC(N)c1ccc2ccccc2c1. The molecule has 1 atom stereocenters. The number of nitrogens with one attached hydrogen (secondary N) is 1. The van der Waals surface area contributed by atoms with E-state index in [1.54, 1.807) is 0 Å². The van der Waals surface area contributed by atoms with Crippen molar-refractivity contribution in [2.45, 2.75) is 13.0 Å². The monoisotopic (exact) mass is 214 g/mol. The first-order valence-corrected chi connectivity index (χ1v) is 5.76. The van der Waals surface area contributed by atoms with E-state index >= 15 is 0 Å². The van der Waals surface area contributed by atoms with Gasteiger partial charge in [0.15, 0.2) is 0 Å². The molecule has 0 bridgehead atoms. The van der Waals surface area contributed by atoms with Crippen LogP contribution < -0.4 is 11.1 Å². The van der Waals surface area contributed by atoms with Crippen molar-refractivity contribution in [1.82, 2.24) is 5.32 Å². The van der Waals surface area contributed by atoms with Crippen LogP contribution in [0, 0.1) is 0 Å².